The fourth-order valence-corrected chi connectivity index (χ4v) is 4.44. The summed E-state index contributed by atoms with van der Waals surface area (Å²) in [5.41, 5.74) is 2.01. The van der Waals surface area contributed by atoms with Crippen LogP contribution in [0.25, 0.3) is 0 Å². The molecule has 3 aromatic rings. The van der Waals surface area contributed by atoms with E-state index in [0.29, 0.717) is 5.82 Å². The number of hydrogen-bond acceptors (Lipinski definition) is 5. The number of amides is 1. The van der Waals surface area contributed by atoms with Gasteiger partial charge in [0.05, 0.1) is 12.2 Å². The number of rotatable bonds is 10. The molecule has 2 aromatic heterocycles. The van der Waals surface area contributed by atoms with Crippen LogP contribution in [0.4, 0.5) is 5.82 Å². The summed E-state index contributed by atoms with van der Waals surface area (Å²) in [6, 6.07) is 11.6. The van der Waals surface area contributed by atoms with Crippen molar-refractivity contribution in [1.29, 1.82) is 0 Å². The molecule has 8 heteroatoms. The number of hydrogen-bond donors (Lipinski definition) is 2. The number of likely N-dealkylation sites (tertiary alicyclic amines) is 1. The molecule has 0 spiro atoms. The normalized spacial score (nSPS) is 16.1. The van der Waals surface area contributed by atoms with Gasteiger partial charge in [-0.05, 0) is 24.8 Å². The SMILES string of the molecule is CCCCc1ncc(CN2CCC(n3nccc3NC(=O)[C@@H](OC)c3ccccc3)CC2)[nH]1. The van der Waals surface area contributed by atoms with Crippen LogP contribution in [0.1, 0.15) is 61.8 Å². The summed E-state index contributed by atoms with van der Waals surface area (Å²) in [6.07, 6.45) is 8.37. The van der Waals surface area contributed by atoms with Gasteiger partial charge in [0.15, 0.2) is 6.10 Å². The molecule has 0 bridgehead atoms. The Morgan fingerprint density at radius 1 is 1.24 bits per heavy atom. The zero-order valence-electron chi connectivity index (χ0n) is 19.5. The van der Waals surface area contributed by atoms with Crippen molar-refractivity contribution in [1.82, 2.24) is 24.6 Å². The predicted octanol–water partition coefficient (Wildman–Crippen LogP) is 4.11. The van der Waals surface area contributed by atoms with E-state index in [1.54, 1.807) is 13.3 Å². The van der Waals surface area contributed by atoms with Crippen molar-refractivity contribution in [2.45, 2.75) is 57.7 Å². The second-order valence-electron chi connectivity index (χ2n) is 8.64. The summed E-state index contributed by atoms with van der Waals surface area (Å²) in [5.74, 6) is 1.61. The van der Waals surface area contributed by atoms with Crippen LogP contribution in [0.3, 0.4) is 0 Å². The van der Waals surface area contributed by atoms with Crippen molar-refractivity contribution >= 4 is 11.7 Å². The molecular weight excluding hydrogens is 416 g/mol. The largest absolute Gasteiger partial charge is 0.367 e. The number of piperidine rings is 1. The molecule has 1 atom stereocenters. The minimum Gasteiger partial charge on any atom is -0.367 e. The first-order valence-corrected chi connectivity index (χ1v) is 11.8. The molecule has 0 saturated carbocycles. The smallest absolute Gasteiger partial charge is 0.259 e. The second-order valence-corrected chi connectivity index (χ2v) is 8.64. The van der Waals surface area contributed by atoms with E-state index in [1.165, 1.54) is 12.1 Å². The number of nitrogens with one attached hydrogen (secondary N) is 2. The second kappa shape index (κ2) is 11.2. The molecule has 0 aliphatic carbocycles. The fraction of sp³-hybridized carbons (Fsp3) is 0.480. The topological polar surface area (TPSA) is 88.1 Å². The van der Waals surface area contributed by atoms with Gasteiger partial charge in [-0.3, -0.25) is 9.69 Å². The van der Waals surface area contributed by atoms with Crippen LogP contribution in [-0.2, 0) is 22.5 Å². The van der Waals surface area contributed by atoms with Crippen LogP contribution in [-0.4, -0.2) is 50.8 Å². The third kappa shape index (κ3) is 5.89. The number of aromatic nitrogens is 4. The van der Waals surface area contributed by atoms with Crippen LogP contribution >= 0.6 is 0 Å². The third-order valence-corrected chi connectivity index (χ3v) is 6.24. The minimum absolute atomic E-state index is 0.194. The molecule has 1 aliphatic heterocycles. The highest BCUT2D eigenvalue weighted by Crippen LogP contribution is 2.27. The highest BCUT2D eigenvalue weighted by molar-refractivity contribution is 5.94. The number of H-pyrrole nitrogens is 1. The monoisotopic (exact) mass is 450 g/mol. The number of benzene rings is 1. The Bertz CT molecular complexity index is 1010. The number of ether oxygens (including phenoxy) is 1. The minimum atomic E-state index is -0.659. The zero-order valence-corrected chi connectivity index (χ0v) is 19.5. The number of aromatic amines is 1. The molecule has 3 heterocycles. The Kier molecular flexibility index (Phi) is 7.91. The zero-order chi connectivity index (χ0) is 23.0. The first-order chi connectivity index (χ1) is 16.2. The molecule has 33 heavy (non-hydrogen) atoms. The van der Waals surface area contributed by atoms with Gasteiger partial charge in [0.25, 0.3) is 5.91 Å². The van der Waals surface area contributed by atoms with Gasteiger partial charge in [-0.25, -0.2) is 9.67 Å². The van der Waals surface area contributed by atoms with Crippen molar-refractivity contribution in [3.05, 3.63) is 65.9 Å². The lowest BCUT2D eigenvalue weighted by atomic mass is 10.0. The maximum Gasteiger partial charge on any atom is 0.259 e. The van der Waals surface area contributed by atoms with E-state index in [4.69, 9.17) is 4.74 Å². The summed E-state index contributed by atoms with van der Waals surface area (Å²) in [7, 11) is 1.55. The first kappa shape index (κ1) is 23.2. The molecule has 1 aliphatic rings. The summed E-state index contributed by atoms with van der Waals surface area (Å²) < 4.78 is 7.42. The molecule has 1 saturated heterocycles. The molecular formula is C25H34N6O2. The van der Waals surface area contributed by atoms with E-state index < -0.39 is 6.10 Å². The summed E-state index contributed by atoms with van der Waals surface area (Å²) in [6.45, 7) is 5.04. The lowest BCUT2D eigenvalue weighted by Crippen LogP contribution is -2.35. The summed E-state index contributed by atoms with van der Waals surface area (Å²) in [5, 5.41) is 7.54. The molecule has 4 rings (SSSR count). The number of unbranched alkanes of at least 4 members (excludes halogenated alkanes) is 1. The standard InChI is InChI=1S/C25H34N6O2/c1-3-4-10-22-26-17-20(28-22)18-30-15-12-21(13-16-30)31-23(11-14-27-31)29-25(32)24(33-2)19-8-6-5-7-9-19/h5-9,11,14,17,21,24H,3-4,10,12-13,15-16,18H2,1-2H3,(H,26,28)(H,29,32)/t24-/m0/s1. The maximum absolute atomic E-state index is 12.9. The molecule has 1 aromatic carbocycles. The Hall–Kier alpha value is -2.97. The summed E-state index contributed by atoms with van der Waals surface area (Å²) >= 11 is 0. The van der Waals surface area contributed by atoms with Gasteiger partial charge in [0, 0.05) is 51.1 Å². The Balaban J connectivity index is 1.32. The van der Waals surface area contributed by atoms with E-state index in [2.05, 4.69) is 32.2 Å². The van der Waals surface area contributed by atoms with Gasteiger partial charge in [-0.1, -0.05) is 43.7 Å². The molecule has 176 valence electrons. The average Bonchev–Trinajstić information content (AvgIpc) is 3.49. The van der Waals surface area contributed by atoms with Crippen LogP contribution < -0.4 is 5.32 Å². The fourth-order valence-electron chi connectivity index (χ4n) is 4.44. The van der Waals surface area contributed by atoms with Crippen LogP contribution in [0.2, 0.25) is 0 Å². The Morgan fingerprint density at radius 2 is 2.03 bits per heavy atom. The number of methoxy groups -OCH3 is 1. The van der Waals surface area contributed by atoms with Gasteiger partial charge in [0.2, 0.25) is 0 Å². The lowest BCUT2D eigenvalue weighted by Gasteiger charge is -2.32. The van der Waals surface area contributed by atoms with Crippen molar-refractivity contribution < 1.29 is 9.53 Å². The molecule has 0 unspecified atom stereocenters. The Labute approximate surface area is 195 Å². The molecule has 1 amide bonds. The van der Waals surface area contributed by atoms with Crippen molar-refractivity contribution in [3.63, 3.8) is 0 Å². The average molecular weight is 451 g/mol. The maximum atomic E-state index is 12.9. The van der Waals surface area contributed by atoms with E-state index >= 15 is 0 Å². The van der Waals surface area contributed by atoms with Gasteiger partial charge >= 0.3 is 0 Å². The third-order valence-electron chi connectivity index (χ3n) is 6.24. The number of carbonyl (C=O) groups excluding carboxylic acids is 1. The van der Waals surface area contributed by atoms with Gasteiger partial charge < -0.3 is 15.0 Å². The molecule has 2 N–H and O–H groups in total. The summed E-state index contributed by atoms with van der Waals surface area (Å²) in [4.78, 5) is 23.3. The van der Waals surface area contributed by atoms with E-state index in [1.807, 2.05) is 47.3 Å². The number of carbonyl (C=O) groups is 1. The number of anilines is 1. The molecule has 1 fully saturated rings. The van der Waals surface area contributed by atoms with E-state index in [0.717, 1.165) is 56.7 Å². The van der Waals surface area contributed by atoms with Crippen molar-refractivity contribution in [3.8, 4) is 0 Å². The lowest BCUT2D eigenvalue weighted by molar-refractivity contribution is -0.126. The number of aryl methyl sites for hydroxylation is 1. The van der Waals surface area contributed by atoms with Crippen molar-refractivity contribution in [2.75, 3.05) is 25.5 Å². The van der Waals surface area contributed by atoms with Crippen molar-refractivity contribution in [2.24, 2.45) is 0 Å². The quantitative estimate of drug-likeness (QED) is 0.485. The first-order valence-electron chi connectivity index (χ1n) is 11.8. The van der Waals surface area contributed by atoms with Crippen LogP contribution in [0.15, 0.2) is 48.8 Å². The van der Waals surface area contributed by atoms with E-state index in [-0.39, 0.29) is 11.9 Å². The predicted molar refractivity (Wildman–Crippen MR) is 128 cm³/mol. The number of imidazole rings is 1. The highest BCUT2D eigenvalue weighted by Gasteiger charge is 2.25. The molecule has 8 nitrogen and oxygen atoms in total. The van der Waals surface area contributed by atoms with Crippen LogP contribution in [0, 0.1) is 0 Å². The van der Waals surface area contributed by atoms with Gasteiger partial charge in [-0.15, -0.1) is 0 Å². The van der Waals surface area contributed by atoms with Gasteiger partial charge in [-0.2, -0.15) is 5.10 Å². The molecule has 0 radical (unpaired) electrons. The van der Waals surface area contributed by atoms with E-state index in [9.17, 15) is 4.79 Å². The van der Waals surface area contributed by atoms with Crippen LogP contribution in [0.5, 0.6) is 0 Å². The van der Waals surface area contributed by atoms with Gasteiger partial charge in [0.1, 0.15) is 11.6 Å². The Morgan fingerprint density at radius 3 is 2.76 bits per heavy atom. The number of nitrogens with zero attached hydrogens (tertiary/aromatic N) is 4. The highest BCUT2D eigenvalue weighted by atomic mass is 16.5.